The fourth-order valence-corrected chi connectivity index (χ4v) is 3.48. The van der Waals surface area contributed by atoms with E-state index in [1.807, 2.05) is 18.2 Å². The van der Waals surface area contributed by atoms with E-state index < -0.39 is 0 Å². The van der Waals surface area contributed by atoms with Crippen LogP contribution in [0.15, 0.2) is 22.7 Å². The number of primary amides is 1. The van der Waals surface area contributed by atoms with Gasteiger partial charge in [0.25, 0.3) is 5.91 Å². The first-order valence-electron chi connectivity index (χ1n) is 7.56. The number of nitrogens with two attached hydrogens (primary N) is 1. The van der Waals surface area contributed by atoms with Gasteiger partial charge in [0.05, 0.1) is 11.3 Å². The largest absolute Gasteiger partial charge is 0.368 e. The number of anilines is 1. The second kappa shape index (κ2) is 7.27. The van der Waals surface area contributed by atoms with E-state index in [4.69, 9.17) is 5.73 Å². The zero-order valence-electron chi connectivity index (χ0n) is 12.7. The van der Waals surface area contributed by atoms with Gasteiger partial charge in [0.2, 0.25) is 0 Å². The van der Waals surface area contributed by atoms with Gasteiger partial charge in [-0.25, -0.2) is 0 Å². The molecule has 1 heterocycles. The van der Waals surface area contributed by atoms with Gasteiger partial charge in [-0.15, -0.1) is 0 Å². The first-order valence-corrected chi connectivity index (χ1v) is 8.35. The third kappa shape index (κ3) is 3.98. The number of carbonyl (C=O) groups excluding carboxylic acids is 1. The Bertz CT molecular complexity index is 498. The van der Waals surface area contributed by atoms with E-state index in [9.17, 15) is 4.79 Å². The first-order chi connectivity index (χ1) is 10.0. The van der Waals surface area contributed by atoms with Crippen LogP contribution in [-0.4, -0.2) is 31.6 Å². The van der Waals surface area contributed by atoms with Gasteiger partial charge < -0.3 is 16.0 Å². The molecule has 4 nitrogen and oxygen atoms in total. The lowest BCUT2D eigenvalue weighted by molar-refractivity contribution is 0.1000. The molecule has 0 bridgehead atoms. The van der Waals surface area contributed by atoms with E-state index in [0.29, 0.717) is 17.5 Å². The maximum absolute atomic E-state index is 11.8. The molecular weight excluding hydrogens is 330 g/mol. The standard InChI is InChI=1S/C16H24BrN3O/c1-11(2)20(10-12-6-8-19-9-7-12)14-5-3-4-13(17)15(14)16(18)21/h3-5,11-12,19H,6-10H2,1-2H3,(H2,18,21). The Kier molecular flexibility index (Phi) is 5.65. The summed E-state index contributed by atoms with van der Waals surface area (Å²) in [6.45, 7) is 7.45. The van der Waals surface area contributed by atoms with Crippen LogP contribution in [0.2, 0.25) is 0 Å². The highest BCUT2D eigenvalue weighted by molar-refractivity contribution is 9.10. The van der Waals surface area contributed by atoms with Crippen LogP contribution in [-0.2, 0) is 0 Å². The molecule has 2 rings (SSSR count). The maximum atomic E-state index is 11.8. The SMILES string of the molecule is CC(C)N(CC1CCNCC1)c1cccc(Br)c1C(N)=O. The molecule has 1 aliphatic rings. The molecule has 1 fully saturated rings. The fraction of sp³-hybridized carbons (Fsp3) is 0.562. The van der Waals surface area contributed by atoms with Crippen molar-refractivity contribution < 1.29 is 4.79 Å². The molecule has 0 radical (unpaired) electrons. The Balaban J connectivity index is 2.29. The van der Waals surface area contributed by atoms with Gasteiger partial charge in [-0.2, -0.15) is 0 Å². The minimum atomic E-state index is -0.381. The Morgan fingerprint density at radius 1 is 1.43 bits per heavy atom. The summed E-state index contributed by atoms with van der Waals surface area (Å²) in [6, 6.07) is 6.15. The zero-order valence-corrected chi connectivity index (χ0v) is 14.3. The molecule has 21 heavy (non-hydrogen) atoms. The number of benzene rings is 1. The van der Waals surface area contributed by atoms with Gasteiger partial charge in [0, 0.05) is 17.1 Å². The second-order valence-electron chi connectivity index (χ2n) is 5.94. The third-order valence-electron chi connectivity index (χ3n) is 4.08. The highest BCUT2D eigenvalue weighted by Gasteiger charge is 2.23. The van der Waals surface area contributed by atoms with Crippen LogP contribution >= 0.6 is 15.9 Å². The number of carbonyl (C=O) groups is 1. The smallest absolute Gasteiger partial charge is 0.251 e. The highest BCUT2D eigenvalue weighted by atomic mass is 79.9. The molecule has 1 saturated heterocycles. The van der Waals surface area contributed by atoms with Crippen molar-refractivity contribution in [3.8, 4) is 0 Å². The van der Waals surface area contributed by atoms with E-state index >= 15 is 0 Å². The summed E-state index contributed by atoms with van der Waals surface area (Å²) in [5, 5.41) is 3.40. The molecule has 0 atom stereocenters. The number of nitrogens with zero attached hydrogens (tertiary/aromatic N) is 1. The van der Waals surface area contributed by atoms with Crippen LogP contribution in [0.25, 0.3) is 0 Å². The number of halogens is 1. The quantitative estimate of drug-likeness (QED) is 0.855. The molecule has 0 spiro atoms. The molecule has 0 unspecified atom stereocenters. The first kappa shape index (κ1) is 16.3. The van der Waals surface area contributed by atoms with Crippen molar-refractivity contribution in [3.05, 3.63) is 28.2 Å². The zero-order chi connectivity index (χ0) is 15.4. The third-order valence-corrected chi connectivity index (χ3v) is 4.75. The summed E-state index contributed by atoms with van der Waals surface area (Å²) in [5.41, 5.74) is 7.10. The average molecular weight is 354 g/mol. The van der Waals surface area contributed by atoms with Crippen molar-refractivity contribution in [2.24, 2.45) is 11.7 Å². The Hall–Kier alpha value is -1.07. The molecule has 0 saturated carbocycles. The Labute approximate surface area is 135 Å². The van der Waals surface area contributed by atoms with Crippen molar-refractivity contribution in [2.75, 3.05) is 24.5 Å². The lowest BCUT2D eigenvalue weighted by Crippen LogP contribution is -2.40. The monoisotopic (exact) mass is 353 g/mol. The van der Waals surface area contributed by atoms with Gasteiger partial charge in [0.1, 0.15) is 0 Å². The van der Waals surface area contributed by atoms with Gasteiger partial charge in [-0.1, -0.05) is 6.07 Å². The van der Waals surface area contributed by atoms with E-state index in [2.05, 4.69) is 40.0 Å². The number of hydrogen-bond donors (Lipinski definition) is 2. The van der Waals surface area contributed by atoms with E-state index in [0.717, 1.165) is 29.8 Å². The summed E-state index contributed by atoms with van der Waals surface area (Å²) in [7, 11) is 0. The van der Waals surface area contributed by atoms with Crippen molar-refractivity contribution in [1.29, 1.82) is 0 Å². The van der Waals surface area contributed by atoms with Crippen LogP contribution in [0, 0.1) is 5.92 Å². The van der Waals surface area contributed by atoms with Crippen molar-refractivity contribution in [1.82, 2.24) is 5.32 Å². The van der Waals surface area contributed by atoms with Crippen LogP contribution in [0.1, 0.15) is 37.0 Å². The molecule has 1 aromatic carbocycles. The van der Waals surface area contributed by atoms with E-state index in [-0.39, 0.29) is 5.91 Å². The lowest BCUT2D eigenvalue weighted by atomic mass is 9.96. The summed E-state index contributed by atoms with van der Waals surface area (Å²) in [4.78, 5) is 14.1. The van der Waals surface area contributed by atoms with Gasteiger partial charge in [-0.05, 0) is 73.8 Å². The van der Waals surface area contributed by atoms with Crippen LogP contribution in [0.4, 0.5) is 5.69 Å². The predicted molar refractivity (Wildman–Crippen MR) is 90.7 cm³/mol. The Morgan fingerprint density at radius 2 is 2.10 bits per heavy atom. The normalized spacial score (nSPS) is 16.2. The van der Waals surface area contributed by atoms with E-state index in [1.165, 1.54) is 12.8 Å². The minimum Gasteiger partial charge on any atom is -0.368 e. The van der Waals surface area contributed by atoms with Crippen LogP contribution in [0.3, 0.4) is 0 Å². The molecule has 116 valence electrons. The van der Waals surface area contributed by atoms with Crippen molar-refractivity contribution >= 4 is 27.5 Å². The fourth-order valence-electron chi connectivity index (χ4n) is 2.93. The number of amides is 1. The second-order valence-corrected chi connectivity index (χ2v) is 6.79. The summed E-state index contributed by atoms with van der Waals surface area (Å²) < 4.78 is 0.767. The van der Waals surface area contributed by atoms with Crippen molar-refractivity contribution in [3.63, 3.8) is 0 Å². The predicted octanol–water partition coefficient (Wildman–Crippen LogP) is 2.76. The van der Waals surface area contributed by atoms with E-state index in [1.54, 1.807) is 0 Å². The topological polar surface area (TPSA) is 58.4 Å². The average Bonchev–Trinajstić information content (AvgIpc) is 2.45. The van der Waals surface area contributed by atoms with Gasteiger partial charge >= 0.3 is 0 Å². The highest BCUT2D eigenvalue weighted by Crippen LogP contribution is 2.30. The summed E-state index contributed by atoms with van der Waals surface area (Å²) in [5.74, 6) is 0.279. The summed E-state index contributed by atoms with van der Waals surface area (Å²) in [6.07, 6.45) is 2.37. The molecular formula is C16H24BrN3O. The molecule has 1 aliphatic heterocycles. The van der Waals surface area contributed by atoms with Crippen LogP contribution < -0.4 is 16.0 Å². The van der Waals surface area contributed by atoms with Gasteiger partial charge in [0.15, 0.2) is 0 Å². The van der Waals surface area contributed by atoms with Crippen LogP contribution in [0.5, 0.6) is 0 Å². The lowest BCUT2D eigenvalue weighted by Gasteiger charge is -2.35. The van der Waals surface area contributed by atoms with Crippen molar-refractivity contribution in [2.45, 2.75) is 32.7 Å². The molecule has 0 aliphatic carbocycles. The Morgan fingerprint density at radius 3 is 2.67 bits per heavy atom. The molecule has 0 aromatic heterocycles. The molecule has 1 amide bonds. The number of rotatable bonds is 5. The minimum absolute atomic E-state index is 0.326. The molecule has 3 N–H and O–H groups in total. The maximum Gasteiger partial charge on any atom is 0.251 e. The summed E-state index contributed by atoms with van der Waals surface area (Å²) >= 11 is 3.45. The number of hydrogen-bond acceptors (Lipinski definition) is 3. The molecule has 5 heteroatoms. The molecule has 1 aromatic rings. The number of nitrogens with one attached hydrogen (secondary N) is 1. The number of piperidine rings is 1. The van der Waals surface area contributed by atoms with Gasteiger partial charge in [-0.3, -0.25) is 4.79 Å².